The molecule has 0 aliphatic carbocycles. The van der Waals surface area contributed by atoms with Crippen LogP contribution >= 0.6 is 0 Å². The van der Waals surface area contributed by atoms with Crippen molar-refractivity contribution >= 4 is 10.2 Å². The first-order valence-corrected chi connectivity index (χ1v) is 5.84. The maximum atomic E-state index is 11.2. The van der Waals surface area contributed by atoms with E-state index in [9.17, 15) is 8.42 Å². The summed E-state index contributed by atoms with van der Waals surface area (Å²) in [6, 6.07) is 0. The van der Waals surface area contributed by atoms with Crippen molar-refractivity contribution in [1.29, 1.82) is 0 Å². The van der Waals surface area contributed by atoms with E-state index >= 15 is 0 Å². The second-order valence-electron chi connectivity index (χ2n) is 2.65. The van der Waals surface area contributed by atoms with Crippen LogP contribution in [0.2, 0.25) is 0 Å². The highest BCUT2D eigenvalue weighted by Crippen LogP contribution is 1.89. The molecule has 14 heavy (non-hydrogen) atoms. The molecular formula is C7H18N2O4S. The summed E-state index contributed by atoms with van der Waals surface area (Å²) in [6.07, 6.45) is 0.187. The van der Waals surface area contributed by atoms with Crippen LogP contribution in [-0.2, 0) is 19.7 Å². The minimum atomic E-state index is -3.42. The predicted octanol–water partition coefficient (Wildman–Crippen LogP) is -0.561. The Kier molecular flexibility index (Phi) is 7.02. The smallest absolute Gasteiger partial charge is 0.277 e. The summed E-state index contributed by atoms with van der Waals surface area (Å²) >= 11 is 0. The molecule has 0 amide bonds. The van der Waals surface area contributed by atoms with E-state index in [0.29, 0.717) is 6.54 Å². The van der Waals surface area contributed by atoms with Crippen molar-refractivity contribution in [2.45, 2.75) is 19.6 Å². The Morgan fingerprint density at radius 2 is 1.79 bits per heavy atom. The molecule has 2 N–H and O–H groups in total. The average molecular weight is 226 g/mol. The van der Waals surface area contributed by atoms with Crippen LogP contribution in [0.1, 0.15) is 13.3 Å². The SMILES string of the molecule is CCCNS(=O)(=O)NCC(OC)OC. The number of nitrogens with one attached hydrogen (secondary N) is 2. The van der Waals surface area contributed by atoms with Gasteiger partial charge in [0.05, 0.1) is 6.54 Å². The van der Waals surface area contributed by atoms with Crippen LogP contribution in [0.5, 0.6) is 0 Å². The van der Waals surface area contributed by atoms with Gasteiger partial charge in [-0.2, -0.15) is 13.1 Å². The quantitative estimate of drug-likeness (QED) is 0.544. The molecule has 0 radical (unpaired) electrons. The van der Waals surface area contributed by atoms with Gasteiger partial charge in [-0.1, -0.05) is 6.92 Å². The van der Waals surface area contributed by atoms with Crippen molar-refractivity contribution < 1.29 is 17.9 Å². The van der Waals surface area contributed by atoms with Gasteiger partial charge in [-0.15, -0.1) is 0 Å². The highest BCUT2D eigenvalue weighted by atomic mass is 32.2. The summed E-state index contributed by atoms with van der Waals surface area (Å²) in [4.78, 5) is 0. The summed E-state index contributed by atoms with van der Waals surface area (Å²) in [6.45, 7) is 2.39. The minimum absolute atomic E-state index is 0.0893. The van der Waals surface area contributed by atoms with Gasteiger partial charge < -0.3 is 9.47 Å². The largest absolute Gasteiger partial charge is 0.355 e. The molecule has 0 aromatic carbocycles. The zero-order valence-corrected chi connectivity index (χ0v) is 9.56. The van der Waals surface area contributed by atoms with Crippen molar-refractivity contribution in [2.24, 2.45) is 0 Å². The average Bonchev–Trinajstić information content (AvgIpc) is 2.16. The molecule has 0 saturated heterocycles. The molecule has 0 saturated carbocycles. The zero-order chi connectivity index (χ0) is 11.0. The van der Waals surface area contributed by atoms with Gasteiger partial charge in [-0.05, 0) is 6.42 Å². The standard InChI is InChI=1S/C7H18N2O4S/c1-4-5-8-14(10,11)9-6-7(12-2)13-3/h7-9H,4-6H2,1-3H3. The van der Waals surface area contributed by atoms with Crippen LogP contribution in [0.15, 0.2) is 0 Å². The van der Waals surface area contributed by atoms with E-state index in [4.69, 9.17) is 9.47 Å². The molecule has 86 valence electrons. The maximum absolute atomic E-state index is 11.2. The van der Waals surface area contributed by atoms with Gasteiger partial charge in [0, 0.05) is 20.8 Å². The van der Waals surface area contributed by atoms with Crippen molar-refractivity contribution in [3.8, 4) is 0 Å². The fourth-order valence-corrected chi connectivity index (χ4v) is 1.66. The molecule has 7 heteroatoms. The van der Waals surface area contributed by atoms with Gasteiger partial charge in [-0.3, -0.25) is 0 Å². The van der Waals surface area contributed by atoms with Crippen molar-refractivity contribution in [1.82, 2.24) is 9.44 Å². The van der Waals surface area contributed by atoms with E-state index in [2.05, 4.69) is 9.44 Å². The number of hydrogen-bond acceptors (Lipinski definition) is 4. The molecule has 0 atom stereocenters. The van der Waals surface area contributed by atoms with Crippen LogP contribution < -0.4 is 9.44 Å². The first-order valence-electron chi connectivity index (χ1n) is 4.35. The Hall–Kier alpha value is -0.210. The van der Waals surface area contributed by atoms with Crippen LogP contribution in [0, 0.1) is 0 Å². The molecule has 0 rings (SSSR count). The van der Waals surface area contributed by atoms with E-state index in [1.165, 1.54) is 14.2 Å². The molecule has 0 aliphatic rings. The lowest BCUT2D eigenvalue weighted by Gasteiger charge is -2.14. The van der Waals surface area contributed by atoms with E-state index in [0.717, 1.165) is 6.42 Å². The Morgan fingerprint density at radius 3 is 2.21 bits per heavy atom. The number of ether oxygens (including phenoxy) is 2. The topological polar surface area (TPSA) is 76.7 Å². The molecule has 0 spiro atoms. The summed E-state index contributed by atoms with van der Waals surface area (Å²) in [5.74, 6) is 0. The normalized spacial score (nSPS) is 12.3. The summed E-state index contributed by atoms with van der Waals surface area (Å²) in [7, 11) is -0.526. The monoisotopic (exact) mass is 226 g/mol. The Labute approximate surface area is 85.2 Å². The van der Waals surface area contributed by atoms with E-state index in [1.807, 2.05) is 6.92 Å². The third-order valence-corrected chi connectivity index (χ3v) is 2.64. The van der Waals surface area contributed by atoms with E-state index < -0.39 is 16.5 Å². The lowest BCUT2D eigenvalue weighted by molar-refractivity contribution is -0.0961. The molecule has 6 nitrogen and oxygen atoms in total. The highest BCUT2D eigenvalue weighted by molar-refractivity contribution is 7.87. The van der Waals surface area contributed by atoms with E-state index in [-0.39, 0.29) is 6.54 Å². The molecule has 0 aromatic heterocycles. The fourth-order valence-electron chi connectivity index (χ4n) is 0.728. The van der Waals surface area contributed by atoms with Crippen LogP contribution in [0.25, 0.3) is 0 Å². The Morgan fingerprint density at radius 1 is 1.21 bits per heavy atom. The van der Waals surface area contributed by atoms with Gasteiger partial charge in [-0.25, -0.2) is 4.72 Å². The van der Waals surface area contributed by atoms with Crippen LogP contribution in [-0.4, -0.2) is 42.0 Å². The second kappa shape index (κ2) is 7.13. The van der Waals surface area contributed by atoms with Crippen LogP contribution in [0.4, 0.5) is 0 Å². The molecular weight excluding hydrogens is 208 g/mol. The van der Waals surface area contributed by atoms with Crippen molar-refractivity contribution in [3.05, 3.63) is 0 Å². The van der Waals surface area contributed by atoms with Gasteiger partial charge in [0.15, 0.2) is 6.29 Å². The Bertz CT molecular complexity index is 226. The first-order chi connectivity index (χ1) is 6.55. The highest BCUT2D eigenvalue weighted by Gasteiger charge is 2.11. The molecule has 0 unspecified atom stereocenters. The van der Waals surface area contributed by atoms with Crippen molar-refractivity contribution in [2.75, 3.05) is 27.3 Å². The lowest BCUT2D eigenvalue weighted by atomic mass is 10.5. The van der Waals surface area contributed by atoms with Gasteiger partial charge >= 0.3 is 0 Å². The predicted molar refractivity (Wildman–Crippen MR) is 53.0 cm³/mol. The summed E-state index contributed by atoms with van der Waals surface area (Å²) < 4.78 is 36.7. The number of rotatable bonds is 8. The second-order valence-corrected chi connectivity index (χ2v) is 4.23. The zero-order valence-electron chi connectivity index (χ0n) is 8.74. The van der Waals surface area contributed by atoms with E-state index in [1.54, 1.807) is 0 Å². The molecule has 0 fully saturated rings. The van der Waals surface area contributed by atoms with Gasteiger partial charge in [0.1, 0.15) is 0 Å². The third-order valence-electron chi connectivity index (χ3n) is 1.51. The summed E-state index contributed by atoms with van der Waals surface area (Å²) in [5, 5.41) is 0. The third kappa shape index (κ3) is 6.28. The molecule has 0 aromatic rings. The summed E-state index contributed by atoms with van der Waals surface area (Å²) in [5.41, 5.74) is 0. The van der Waals surface area contributed by atoms with Crippen LogP contribution in [0.3, 0.4) is 0 Å². The number of hydrogen-bond donors (Lipinski definition) is 2. The molecule has 0 aliphatic heterocycles. The van der Waals surface area contributed by atoms with Gasteiger partial charge in [0.2, 0.25) is 0 Å². The Balaban J connectivity index is 3.86. The molecule has 0 heterocycles. The van der Waals surface area contributed by atoms with Crippen molar-refractivity contribution in [3.63, 3.8) is 0 Å². The maximum Gasteiger partial charge on any atom is 0.277 e. The fraction of sp³-hybridized carbons (Fsp3) is 1.00. The lowest BCUT2D eigenvalue weighted by Crippen LogP contribution is -2.41. The molecule has 0 bridgehead atoms. The number of methoxy groups -OCH3 is 2. The first kappa shape index (κ1) is 13.8. The minimum Gasteiger partial charge on any atom is -0.355 e. The van der Waals surface area contributed by atoms with Gasteiger partial charge in [0.25, 0.3) is 10.2 Å².